The maximum Gasteiger partial charge on any atom is 0.253 e. The fourth-order valence-corrected chi connectivity index (χ4v) is 3.19. The van der Waals surface area contributed by atoms with Crippen LogP contribution in [0.25, 0.3) is 11.1 Å². The molecule has 0 unspecified atom stereocenters. The Bertz CT molecular complexity index is 906. The van der Waals surface area contributed by atoms with Gasteiger partial charge in [0.05, 0.1) is 0 Å². The molecular formula is C21H21NO2S. The minimum absolute atomic E-state index is 0.0327. The smallest absolute Gasteiger partial charge is 0.253 e. The van der Waals surface area contributed by atoms with Gasteiger partial charge in [-0.1, -0.05) is 30.3 Å². The van der Waals surface area contributed by atoms with E-state index < -0.39 is 0 Å². The minimum atomic E-state index is 0.0327. The first-order chi connectivity index (χ1) is 12.1. The summed E-state index contributed by atoms with van der Waals surface area (Å²) in [5, 5.41) is 0. The van der Waals surface area contributed by atoms with Gasteiger partial charge in [0, 0.05) is 23.7 Å². The van der Waals surface area contributed by atoms with Gasteiger partial charge in [-0.15, -0.1) is 11.8 Å². The zero-order chi connectivity index (χ0) is 17.8. The molecule has 25 heavy (non-hydrogen) atoms. The average Bonchev–Trinajstić information content (AvgIpc) is 2.64. The SMILES string of the molecule is CSc1cc(OCc2ccccc2)cc(-c2cc(C)c(=O)n(C)c2)c1. The molecule has 0 saturated carbocycles. The number of pyridine rings is 1. The molecule has 1 heterocycles. The summed E-state index contributed by atoms with van der Waals surface area (Å²) in [7, 11) is 1.78. The van der Waals surface area contributed by atoms with E-state index in [0.717, 1.165) is 32.9 Å². The molecule has 0 bridgehead atoms. The second-order valence-corrected chi connectivity index (χ2v) is 6.88. The fraction of sp³-hybridized carbons (Fsp3) is 0.190. The van der Waals surface area contributed by atoms with Crippen LogP contribution in [0.4, 0.5) is 0 Å². The largest absolute Gasteiger partial charge is 0.489 e. The van der Waals surface area contributed by atoms with Gasteiger partial charge in [-0.25, -0.2) is 0 Å². The summed E-state index contributed by atoms with van der Waals surface area (Å²) in [5.41, 5.74) is 3.97. The molecule has 4 heteroatoms. The van der Waals surface area contributed by atoms with Crippen LogP contribution in [0.15, 0.2) is 70.5 Å². The van der Waals surface area contributed by atoms with Gasteiger partial charge in [0.25, 0.3) is 5.56 Å². The minimum Gasteiger partial charge on any atom is -0.489 e. The molecule has 0 saturated heterocycles. The molecule has 0 aliphatic rings. The molecule has 0 N–H and O–H groups in total. The Balaban J connectivity index is 1.94. The average molecular weight is 351 g/mol. The molecule has 0 aliphatic heterocycles. The third-order valence-corrected chi connectivity index (χ3v) is 4.77. The first-order valence-corrected chi connectivity index (χ1v) is 9.33. The molecule has 0 fully saturated rings. The number of hydrogen-bond acceptors (Lipinski definition) is 3. The van der Waals surface area contributed by atoms with Gasteiger partial charge < -0.3 is 9.30 Å². The lowest BCUT2D eigenvalue weighted by atomic mass is 10.1. The van der Waals surface area contributed by atoms with Crippen LogP contribution in [0, 0.1) is 6.92 Å². The van der Waals surface area contributed by atoms with Gasteiger partial charge in [-0.05, 0) is 54.1 Å². The van der Waals surface area contributed by atoms with Crippen LogP contribution < -0.4 is 10.3 Å². The van der Waals surface area contributed by atoms with Crippen LogP contribution in [0.2, 0.25) is 0 Å². The molecule has 0 spiro atoms. The molecule has 0 aliphatic carbocycles. The molecule has 3 aromatic rings. The molecular weight excluding hydrogens is 330 g/mol. The summed E-state index contributed by atoms with van der Waals surface area (Å²) < 4.78 is 7.62. The summed E-state index contributed by atoms with van der Waals surface area (Å²) in [5.74, 6) is 0.831. The predicted octanol–water partition coefficient (Wildman–Crippen LogP) is 4.66. The van der Waals surface area contributed by atoms with Gasteiger partial charge in [-0.3, -0.25) is 4.79 Å². The number of thioether (sulfide) groups is 1. The number of hydrogen-bond donors (Lipinski definition) is 0. The number of rotatable bonds is 5. The van der Waals surface area contributed by atoms with Crippen molar-refractivity contribution in [2.75, 3.05) is 6.26 Å². The Kier molecular flexibility index (Phi) is 5.29. The van der Waals surface area contributed by atoms with Gasteiger partial charge in [-0.2, -0.15) is 0 Å². The van der Waals surface area contributed by atoms with Crippen molar-refractivity contribution in [2.45, 2.75) is 18.4 Å². The van der Waals surface area contributed by atoms with Crippen LogP contribution in [-0.2, 0) is 13.7 Å². The van der Waals surface area contributed by atoms with E-state index in [1.54, 1.807) is 23.4 Å². The Morgan fingerprint density at radius 1 is 1.04 bits per heavy atom. The lowest BCUT2D eigenvalue weighted by Crippen LogP contribution is -2.18. The summed E-state index contributed by atoms with van der Waals surface area (Å²) in [6.07, 6.45) is 3.92. The number of nitrogens with zero attached hydrogens (tertiary/aromatic N) is 1. The summed E-state index contributed by atoms with van der Waals surface area (Å²) in [4.78, 5) is 13.1. The predicted molar refractivity (Wildman–Crippen MR) is 104 cm³/mol. The Labute approximate surface area is 152 Å². The molecule has 0 atom stereocenters. The van der Waals surface area contributed by atoms with E-state index in [4.69, 9.17) is 4.74 Å². The zero-order valence-electron chi connectivity index (χ0n) is 14.7. The van der Waals surface area contributed by atoms with Crippen LogP contribution in [0.3, 0.4) is 0 Å². The van der Waals surface area contributed by atoms with Crippen molar-refractivity contribution in [3.63, 3.8) is 0 Å². The quantitative estimate of drug-likeness (QED) is 0.626. The highest BCUT2D eigenvalue weighted by Crippen LogP contribution is 2.30. The molecule has 3 rings (SSSR count). The zero-order valence-corrected chi connectivity index (χ0v) is 15.5. The normalized spacial score (nSPS) is 10.7. The maximum atomic E-state index is 11.9. The van der Waals surface area contributed by atoms with Crippen LogP contribution in [0.1, 0.15) is 11.1 Å². The van der Waals surface area contributed by atoms with E-state index in [2.05, 4.69) is 18.2 Å². The Morgan fingerprint density at radius 3 is 2.48 bits per heavy atom. The lowest BCUT2D eigenvalue weighted by Gasteiger charge is -2.12. The van der Waals surface area contributed by atoms with Gasteiger partial charge in [0.2, 0.25) is 0 Å². The third kappa shape index (κ3) is 4.15. The van der Waals surface area contributed by atoms with E-state index in [1.807, 2.05) is 55.8 Å². The highest BCUT2D eigenvalue weighted by atomic mass is 32.2. The van der Waals surface area contributed by atoms with Crippen molar-refractivity contribution in [1.82, 2.24) is 4.57 Å². The second kappa shape index (κ2) is 7.62. The second-order valence-electron chi connectivity index (χ2n) is 6.00. The van der Waals surface area contributed by atoms with E-state index in [9.17, 15) is 4.79 Å². The topological polar surface area (TPSA) is 31.2 Å². The van der Waals surface area contributed by atoms with Crippen LogP contribution in [0.5, 0.6) is 5.75 Å². The summed E-state index contributed by atoms with van der Waals surface area (Å²) >= 11 is 1.68. The Hall–Kier alpha value is -2.46. The fourth-order valence-electron chi connectivity index (χ4n) is 2.72. The summed E-state index contributed by atoms with van der Waals surface area (Å²) in [6, 6.07) is 18.3. The van der Waals surface area contributed by atoms with Crippen molar-refractivity contribution in [2.24, 2.45) is 7.05 Å². The molecule has 2 aromatic carbocycles. The van der Waals surface area contributed by atoms with E-state index in [-0.39, 0.29) is 5.56 Å². The van der Waals surface area contributed by atoms with Crippen molar-refractivity contribution in [3.8, 4) is 16.9 Å². The number of aryl methyl sites for hydroxylation is 2. The third-order valence-electron chi connectivity index (χ3n) is 4.06. The number of aromatic nitrogens is 1. The molecule has 0 amide bonds. The van der Waals surface area contributed by atoms with Crippen LogP contribution >= 0.6 is 11.8 Å². The lowest BCUT2D eigenvalue weighted by molar-refractivity contribution is 0.305. The number of ether oxygens (including phenoxy) is 1. The highest BCUT2D eigenvalue weighted by Gasteiger charge is 2.07. The Morgan fingerprint density at radius 2 is 1.80 bits per heavy atom. The molecule has 3 nitrogen and oxygen atoms in total. The number of benzene rings is 2. The molecule has 1 aromatic heterocycles. The molecule has 128 valence electrons. The van der Waals surface area contributed by atoms with Crippen molar-refractivity contribution in [1.29, 1.82) is 0 Å². The summed E-state index contributed by atoms with van der Waals surface area (Å²) in [6.45, 7) is 2.38. The monoisotopic (exact) mass is 351 g/mol. The first kappa shape index (κ1) is 17.4. The van der Waals surface area contributed by atoms with Crippen LogP contribution in [-0.4, -0.2) is 10.8 Å². The van der Waals surface area contributed by atoms with E-state index in [1.165, 1.54) is 0 Å². The first-order valence-electron chi connectivity index (χ1n) is 8.10. The highest BCUT2D eigenvalue weighted by molar-refractivity contribution is 7.98. The standard InChI is InChI=1S/C21H21NO2S/c1-15-9-18(13-22(2)21(15)23)17-10-19(12-20(11-17)25-3)24-14-16-7-5-4-6-8-16/h4-13H,14H2,1-3H3. The van der Waals surface area contributed by atoms with Crippen molar-refractivity contribution >= 4 is 11.8 Å². The van der Waals surface area contributed by atoms with Crippen molar-refractivity contribution in [3.05, 3.63) is 82.3 Å². The van der Waals surface area contributed by atoms with Gasteiger partial charge in [0.15, 0.2) is 0 Å². The molecule has 0 radical (unpaired) electrons. The van der Waals surface area contributed by atoms with Gasteiger partial charge >= 0.3 is 0 Å². The van der Waals surface area contributed by atoms with Crippen molar-refractivity contribution < 1.29 is 4.74 Å². The van der Waals surface area contributed by atoms with E-state index in [0.29, 0.717) is 6.61 Å². The van der Waals surface area contributed by atoms with Gasteiger partial charge in [0.1, 0.15) is 12.4 Å². The van der Waals surface area contributed by atoms with E-state index >= 15 is 0 Å². The maximum absolute atomic E-state index is 11.9.